The molecule has 6 aromatic carbocycles. The van der Waals surface area contributed by atoms with Crippen molar-refractivity contribution in [3.8, 4) is 33.8 Å². The molecule has 0 spiro atoms. The predicted molar refractivity (Wildman–Crippen MR) is 173 cm³/mol. The number of hydrogen-bond acceptors (Lipinski definition) is 6. The van der Waals surface area contributed by atoms with Gasteiger partial charge >= 0.3 is 14.7 Å². The van der Waals surface area contributed by atoms with Crippen LogP contribution in [0.5, 0.6) is 11.5 Å². The highest BCUT2D eigenvalue weighted by atomic mass is 31.2. The highest BCUT2D eigenvalue weighted by molar-refractivity contribution is 7.68. The topological polar surface area (TPSA) is 93.1 Å². The molecule has 0 aliphatic carbocycles. The third-order valence-corrected chi connectivity index (χ3v) is 13.4. The Hall–Kier alpha value is -4.44. The highest BCUT2D eigenvalue weighted by Crippen LogP contribution is 2.64. The first-order valence-electron chi connectivity index (χ1n) is 14.2. The van der Waals surface area contributed by atoms with Crippen molar-refractivity contribution >= 4 is 36.1 Å². The van der Waals surface area contributed by atoms with E-state index in [1.807, 2.05) is 60.7 Å². The Morgan fingerprint density at radius 3 is 1.25 bits per heavy atom. The average Bonchev–Trinajstić information content (AvgIpc) is 3.07. The van der Waals surface area contributed by atoms with Crippen LogP contribution in [0.15, 0.2) is 133 Å². The molecule has 2 heterocycles. The van der Waals surface area contributed by atoms with Crippen LogP contribution in [-0.2, 0) is 9.13 Å². The van der Waals surface area contributed by atoms with Gasteiger partial charge in [-0.1, -0.05) is 97.1 Å². The molecule has 0 aromatic heterocycles. The molecule has 6 aromatic rings. The minimum Gasteiger partial charge on any atom is -0.437 e. The summed E-state index contributed by atoms with van der Waals surface area (Å²) in [7, 11) is -7.55. The Labute approximate surface area is 254 Å². The molecule has 0 saturated carbocycles. The van der Waals surface area contributed by atoms with Crippen LogP contribution in [0.1, 0.15) is 22.8 Å². The van der Waals surface area contributed by atoms with Crippen LogP contribution in [0.25, 0.3) is 33.0 Å². The van der Waals surface area contributed by atoms with Gasteiger partial charge in [0, 0.05) is 11.1 Å². The largest absolute Gasteiger partial charge is 0.437 e. The van der Waals surface area contributed by atoms with Gasteiger partial charge in [0.1, 0.15) is 11.5 Å². The first-order chi connectivity index (χ1) is 21.4. The summed E-state index contributed by atoms with van der Waals surface area (Å²) < 4.78 is 41.1. The molecule has 2 aliphatic heterocycles. The van der Waals surface area contributed by atoms with Crippen molar-refractivity contribution in [1.82, 2.24) is 0 Å². The average molecular weight is 617 g/mol. The van der Waals surface area contributed by atoms with Crippen molar-refractivity contribution < 1.29 is 28.4 Å². The minimum atomic E-state index is -3.78. The molecule has 0 amide bonds. The van der Waals surface area contributed by atoms with Crippen molar-refractivity contribution in [3.63, 3.8) is 0 Å². The summed E-state index contributed by atoms with van der Waals surface area (Å²) in [4.78, 5) is 0. The zero-order chi connectivity index (χ0) is 30.1. The summed E-state index contributed by atoms with van der Waals surface area (Å²) in [5, 5.41) is 25.6. The van der Waals surface area contributed by atoms with Gasteiger partial charge in [0.05, 0.1) is 10.6 Å². The first-order valence-corrected chi connectivity index (χ1v) is 17.6. The molecule has 8 rings (SSSR count). The maximum Gasteiger partial charge on any atom is 0.310 e. The second-order valence-corrected chi connectivity index (χ2v) is 15.7. The summed E-state index contributed by atoms with van der Waals surface area (Å²) >= 11 is 0. The van der Waals surface area contributed by atoms with Crippen LogP contribution in [0.3, 0.4) is 0 Å². The molecule has 44 heavy (non-hydrogen) atoms. The van der Waals surface area contributed by atoms with E-state index in [-0.39, 0.29) is 0 Å². The minimum absolute atomic E-state index is 0.442. The quantitative estimate of drug-likeness (QED) is 0.194. The highest BCUT2D eigenvalue weighted by Gasteiger charge is 2.44. The Balaban J connectivity index is 1.15. The SMILES string of the molecule is O=P1(C(O)c2ccc3cc(C(O)P4(=O)Oc5ccccc5-c5ccccc54)ccc3c2)Oc2ccccc2-c2ccccc21. The molecular weight excluding hydrogens is 590 g/mol. The third-order valence-electron chi connectivity index (χ3n) is 8.43. The zero-order valence-corrected chi connectivity index (χ0v) is 25.1. The van der Waals surface area contributed by atoms with Crippen molar-refractivity contribution in [3.05, 3.63) is 145 Å². The van der Waals surface area contributed by atoms with E-state index in [0.29, 0.717) is 33.2 Å². The normalized spacial score (nSPS) is 21.0. The van der Waals surface area contributed by atoms with E-state index in [0.717, 1.165) is 33.0 Å². The Morgan fingerprint density at radius 1 is 0.455 bits per heavy atom. The van der Waals surface area contributed by atoms with Crippen molar-refractivity contribution in [2.24, 2.45) is 0 Å². The number of aliphatic hydroxyl groups excluding tert-OH is 2. The van der Waals surface area contributed by atoms with Crippen molar-refractivity contribution in [2.45, 2.75) is 11.7 Å². The van der Waals surface area contributed by atoms with Crippen LogP contribution in [-0.4, -0.2) is 10.2 Å². The summed E-state index contributed by atoms with van der Waals surface area (Å²) in [6, 6.07) is 39.9. The molecule has 4 unspecified atom stereocenters. The molecule has 2 aliphatic rings. The maximum atomic E-state index is 14.4. The fourth-order valence-electron chi connectivity index (χ4n) is 6.23. The second-order valence-electron chi connectivity index (χ2n) is 11.0. The second kappa shape index (κ2) is 10.1. The lowest BCUT2D eigenvalue weighted by atomic mass is 10.0. The van der Waals surface area contributed by atoms with Gasteiger partial charge in [-0.05, 0) is 69.4 Å². The molecular formula is C36H26O6P2. The lowest BCUT2D eigenvalue weighted by Crippen LogP contribution is -2.22. The van der Waals surface area contributed by atoms with Crippen molar-refractivity contribution in [2.75, 3.05) is 0 Å². The number of aliphatic hydroxyl groups is 2. The monoisotopic (exact) mass is 616 g/mol. The fourth-order valence-corrected chi connectivity index (χ4v) is 10.8. The van der Waals surface area contributed by atoms with E-state index >= 15 is 0 Å². The number of para-hydroxylation sites is 2. The van der Waals surface area contributed by atoms with Crippen LogP contribution in [0.2, 0.25) is 0 Å². The summed E-state index contributed by atoms with van der Waals surface area (Å²) in [6.07, 6.45) is 0. The number of rotatable bonds is 4. The standard InChI is InChI=1S/C36H26O6P2/c37-35(43(39)33-15-7-3-11-29(33)27-9-1-5-13-31(27)41-43)25-19-17-24-22-26(20-18-23(24)21-25)36(38)44(40)34-16-8-4-12-30(34)28-10-2-6-14-32(28)42-44/h1-22,35-38H. The van der Waals surface area contributed by atoms with Crippen LogP contribution >= 0.6 is 14.7 Å². The number of hydrogen-bond donors (Lipinski definition) is 2. The van der Waals surface area contributed by atoms with Crippen LogP contribution < -0.4 is 19.7 Å². The summed E-state index contributed by atoms with van der Waals surface area (Å²) in [5.41, 5.74) is 4.10. The molecule has 0 fully saturated rings. The molecule has 216 valence electrons. The molecule has 0 bridgehead atoms. The Morgan fingerprint density at radius 2 is 0.818 bits per heavy atom. The zero-order valence-electron chi connectivity index (χ0n) is 23.3. The van der Waals surface area contributed by atoms with Gasteiger partial charge in [-0.3, -0.25) is 9.13 Å². The van der Waals surface area contributed by atoms with E-state index in [2.05, 4.69) is 0 Å². The molecule has 6 nitrogen and oxygen atoms in total. The molecule has 2 N–H and O–H groups in total. The van der Waals surface area contributed by atoms with Gasteiger partial charge in [-0.25, -0.2) is 0 Å². The first kappa shape index (κ1) is 27.1. The molecule has 8 heteroatoms. The number of fused-ring (bicyclic) bond motifs is 7. The Bertz CT molecular complexity index is 2050. The van der Waals surface area contributed by atoms with E-state index < -0.39 is 26.4 Å². The van der Waals surface area contributed by atoms with Crippen molar-refractivity contribution in [1.29, 1.82) is 0 Å². The van der Waals surface area contributed by atoms with Gasteiger partial charge in [0.25, 0.3) is 0 Å². The lowest BCUT2D eigenvalue weighted by molar-refractivity contribution is 0.240. The van der Waals surface area contributed by atoms with Gasteiger partial charge < -0.3 is 19.3 Å². The molecule has 4 atom stereocenters. The maximum absolute atomic E-state index is 14.4. The van der Waals surface area contributed by atoms with Gasteiger partial charge in [-0.2, -0.15) is 0 Å². The van der Waals surface area contributed by atoms with Gasteiger partial charge in [-0.15, -0.1) is 0 Å². The predicted octanol–water partition coefficient (Wildman–Crippen LogP) is 8.15. The molecule has 0 saturated heterocycles. The lowest BCUT2D eigenvalue weighted by Gasteiger charge is -2.32. The summed E-state index contributed by atoms with van der Waals surface area (Å²) in [5.74, 6) is -1.88. The Kier molecular flexibility index (Phi) is 6.20. The fraction of sp³-hybridized carbons (Fsp3) is 0.0556. The van der Waals surface area contributed by atoms with E-state index in [4.69, 9.17) is 9.05 Å². The van der Waals surface area contributed by atoms with Gasteiger partial charge in [0.2, 0.25) is 0 Å². The van der Waals surface area contributed by atoms with E-state index in [1.54, 1.807) is 72.8 Å². The van der Waals surface area contributed by atoms with Crippen LogP contribution in [0, 0.1) is 0 Å². The van der Waals surface area contributed by atoms with Crippen LogP contribution in [0.4, 0.5) is 0 Å². The van der Waals surface area contributed by atoms with Gasteiger partial charge in [0.15, 0.2) is 11.7 Å². The van der Waals surface area contributed by atoms with E-state index in [9.17, 15) is 19.3 Å². The number of benzene rings is 6. The summed E-state index contributed by atoms with van der Waals surface area (Å²) in [6.45, 7) is 0. The third kappa shape index (κ3) is 4.03. The molecule has 0 radical (unpaired) electrons. The smallest absolute Gasteiger partial charge is 0.310 e. The van der Waals surface area contributed by atoms with E-state index in [1.165, 1.54) is 0 Å².